The number of nitrogens with one attached hydrogen (secondary N) is 1. The number of morpholine rings is 1. The van der Waals surface area contributed by atoms with Crippen molar-refractivity contribution in [3.63, 3.8) is 0 Å². The maximum atomic E-state index is 12.1. The molecular formula is C13H24N2O2S. The number of thioether (sulfide) groups is 1. The summed E-state index contributed by atoms with van der Waals surface area (Å²) >= 11 is 1.99. The molecule has 1 amide bonds. The molecule has 0 spiro atoms. The number of hydrogen-bond acceptors (Lipinski definition) is 4. The zero-order chi connectivity index (χ0) is 13.0. The average Bonchev–Trinajstić information content (AvgIpc) is 2.38. The van der Waals surface area contributed by atoms with Gasteiger partial charge in [-0.05, 0) is 17.6 Å². The number of nitrogens with zero attached hydrogens (tertiary/aromatic N) is 1. The van der Waals surface area contributed by atoms with Gasteiger partial charge in [-0.2, -0.15) is 11.8 Å². The summed E-state index contributed by atoms with van der Waals surface area (Å²) in [5.41, 5.74) is 0.302. The first-order valence-corrected chi connectivity index (χ1v) is 7.92. The van der Waals surface area contributed by atoms with E-state index in [-0.39, 0.29) is 5.91 Å². The maximum Gasteiger partial charge on any atom is 0.236 e. The highest BCUT2D eigenvalue weighted by Crippen LogP contribution is 2.33. The van der Waals surface area contributed by atoms with Crippen molar-refractivity contribution in [2.45, 2.75) is 26.3 Å². The fourth-order valence-corrected chi connectivity index (χ4v) is 4.05. The molecule has 1 unspecified atom stereocenters. The molecule has 2 aliphatic rings. The Kier molecular flexibility index (Phi) is 4.92. The SMILES string of the molecule is CC1(C)CCSCC1NCC(=O)N1CCOCC1. The van der Waals surface area contributed by atoms with Gasteiger partial charge in [0.2, 0.25) is 5.91 Å². The smallest absolute Gasteiger partial charge is 0.236 e. The van der Waals surface area contributed by atoms with E-state index >= 15 is 0 Å². The topological polar surface area (TPSA) is 41.6 Å². The van der Waals surface area contributed by atoms with E-state index in [4.69, 9.17) is 4.74 Å². The molecule has 0 aromatic rings. The predicted octanol–water partition coefficient (Wildman–Crippen LogP) is 0.967. The summed E-state index contributed by atoms with van der Waals surface area (Å²) in [5, 5.41) is 3.46. The molecule has 104 valence electrons. The van der Waals surface area contributed by atoms with Crippen LogP contribution in [-0.2, 0) is 9.53 Å². The number of ether oxygens (including phenoxy) is 1. The second kappa shape index (κ2) is 6.26. The number of carbonyl (C=O) groups is 1. The Labute approximate surface area is 114 Å². The van der Waals surface area contributed by atoms with Gasteiger partial charge in [-0.15, -0.1) is 0 Å². The Morgan fingerprint density at radius 1 is 1.44 bits per heavy atom. The molecule has 5 heteroatoms. The molecule has 0 radical (unpaired) electrons. The van der Waals surface area contributed by atoms with Crippen LogP contribution in [0.25, 0.3) is 0 Å². The second-order valence-corrected chi connectivity index (χ2v) is 6.89. The van der Waals surface area contributed by atoms with Gasteiger partial charge in [0, 0.05) is 24.9 Å². The van der Waals surface area contributed by atoms with Crippen molar-refractivity contribution < 1.29 is 9.53 Å². The van der Waals surface area contributed by atoms with Crippen molar-refractivity contribution in [2.75, 3.05) is 44.4 Å². The first-order chi connectivity index (χ1) is 8.59. The minimum atomic E-state index is 0.213. The minimum absolute atomic E-state index is 0.213. The zero-order valence-corrected chi connectivity index (χ0v) is 12.2. The van der Waals surface area contributed by atoms with Crippen LogP contribution in [0, 0.1) is 5.41 Å². The number of amides is 1. The van der Waals surface area contributed by atoms with Crippen LogP contribution in [0.15, 0.2) is 0 Å². The summed E-state index contributed by atoms with van der Waals surface area (Å²) in [6, 6.07) is 0.446. The van der Waals surface area contributed by atoms with Crippen molar-refractivity contribution in [3.8, 4) is 0 Å². The molecule has 0 aromatic carbocycles. The first-order valence-electron chi connectivity index (χ1n) is 6.76. The van der Waals surface area contributed by atoms with E-state index in [1.165, 1.54) is 12.2 Å². The molecule has 1 N–H and O–H groups in total. The van der Waals surface area contributed by atoms with Gasteiger partial charge in [-0.3, -0.25) is 4.79 Å². The fourth-order valence-electron chi connectivity index (χ4n) is 2.41. The third-order valence-corrected chi connectivity index (χ3v) is 5.04. The third-order valence-electron chi connectivity index (χ3n) is 3.98. The van der Waals surface area contributed by atoms with Crippen LogP contribution in [0.5, 0.6) is 0 Å². The van der Waals surface area contributed by atoms with E-state index in [1.807, 2.05) is 16.7 Å². The molecule has 0 aliphatic carbocycles. The van der Waals surface area contributed by atoms with Crippen LogP contribution in [0.2, 0.25) is 0 Å². The van der Waals surface area contributed by atoms with Crippen LogP contribution in [-0.4, -0.2) is 61.2 Å². The summed E-state index contributed by atoms with van der Waals surface area (Å²) in [4.78, 5) is 14.0. The van der Waals surface area contributed by atoms with Crippen LogP contribution in [0.3, 0.4) is 0 Å². The van der Waals surface area contributed by atoms with Gasteiger partial charge in [-0.1, -0.05) is 13.8 Å². The summed E-state index contributed by atoms with van der Waals surface area (Å²) in [6.45, 7) is 7.89. The number of hydrogen-bond donors (Lipinski definition) is 1. The molecule has 2 heterocycles. The van der Waals surface area contributed by atoms with Gasteiger partial charge in [0.1, 0.15) is 0 Å². The summed E-state index contributed by atoms with van der Waals surface area (Å²) in [7, 11) is 0. The number of carbonyl (C=O) groups excluding carboxylic acids is 1. The van der Waals surface area contributed by atoms with Gasteiger partial charge in [0.15, 0.2) is 0 Å². The summed E-state index contributed by atoms with van der Waals surface area (Å²) < 4.78 is 5.26. The normalized spacial score (nSPS) is 28.1. The van der Waals surface area contributed by atoms with Crippen LogP contribution < -0.4 is 5.32 Å². The fraction of sp³-hybridized carbons (Fsp3) is 0.923. The molecule has 2 aliphatic heterocycles. The minimum Gasteiger partial charge on any atom is -0.378 e. The highest BCUT2D eigenvalue weighted by Gasteiger charge is 2.32. The maximum absolute atomic E-state index is 12.1. The predicted molar refractivity (Wildman–Crippen MR) is 74.9 cm³/mol. The van der Waals surface area contributed by atoms with Gasteiger partial charge >= 0.3 is 0 Å². The summed E-state index contributed by atoms with van der Waals surface area (Å²) in [6.07, 6.45) is 1.22. The monoisotopic (exact) mass is 272 g/mol. The first kappa shape index (κ1) is 14.2. The van der Waals surface area contributed by atoms with Crippen molar-refractivity contribution in [3.05, 3.63) is 0 Å². The van der Waals surface area contributed by atoms with Crippen LogP contribution >= 0.6 is 11.8 Å². The Morgan fingerprint density at radius 3 is 2.83 bits per heavy atom. The highest BCUT2D eigenvalue weighted by atomic mass is 32.2. The molecule has 2 fully saturated rings. The van der Waals surface area contributed by atoms with Crippen molar-refractivity contribution in [2.24, 2.45) is 5.41 Å². The Bertz CT molecular complexity index is 291. The summed E-state index contributed by atoms with van der Waals surface area (Å²) in [5.74, 6) is 2.57. The molecule has 0 saturated carbocycles. The lowest BCUT2D eigenvalue weighted by molar-refractivity contribution is -0.134. The zero-order valence-electron chi connectivity index (χ0n) is 11.4. The second-order valence-electron chi connectivity index (χ2n) is 5.74. The Morgan fingerprint density at radius 2 is 2.17 bits per heavy atom. The lowest BCUT2D eigenvalue weighted by Crippen LogP contribution is -2.51. The molecule has 0 bridgehead atoms. The van der Waals surface area contributed by atoms with Gasteiger partial charge in [0.05, 0.1) is 19.8 Å². The Hall–Kier alpha value is -0.260. The van der Waals surface area contributed by atoms with Crippen LogP contribution in [0.1, 0.15) is 20.3 Å². The highest BCUT2D eigenvalue weighted by molar-refractivity contribution is 7.99. The van der Waals surface area contributed by atoms with E-state index in [9.17, 15) is 4.79 Å². The van der Waals surface area contributed by atoms with Crippen molar-refractivity contribution in [1.82, 2.24) is 10.2 Å². The number of rotatable bonds is 3. The van der Waals surface area contributed by atoms with E-state index in [2.05, 4.69) is 19.2 Å². The van der Waals surface area contributed by atoms with E-state index in [0.29, 0.717) is 31.2 Å². The lowest BCUT2D eigenvalue weighted by atomic mass is 9.82. The van der Waals surface area contributed by atoms with Crippen LogP contribution in [0.4, 0.5) is 0 Å². The largest absolute Gasteiger partial charge is 0.378 e. The van der Waals surface area contributed by atoms with Crippen molar-refractivity contribution >= 4 is 17.7 Å². The molecule has 18 heavy (non-hydrogen) atoms. The lowest BCUT2D eigenvalue weighted by Gasteiger charge is -2.39. The quantitative estimate of drug-likeness (QED) is 0.831. The van der Waals surface area contributed by atoms with Gasteiger partial charge in [0.25, 0.3) is 0 Å². The van der Waals surface area contributed by atoms with E-state index in [1.54, 1.807) is 0 Å². The molecule has 2 rings (SSSR count). The molecule has 4 nitrogen and oxygen atoms in total. The average molecular weight is 272 g/mol. The Balaban J connectivity index is 1.77. The van der Waals surface area contributed by atoms with E-state index in [0.717, 1.165) is 18.8 Å². The van der Waals surface area contributed by atoms with E-state index < -0.39 is 0 Å². The van der Waals surface area contributed by atoms with Crippen molar-refractivity contribution in [1.29, 1.82) is 0 Å². The molecule has 1 atom stereocenters. The standard InChI is InChI=1S/C13H24N2O2S/c1-13(2)3-8-18-10-11(13)14-9-12(16)15-4-6-17-7-5-15/h11,14H,3-10H2,1-2H3. The molecule has 0 aromatic heterocycles. The molecule has 2 saturated heterocycles. The molecular weight excluding hydrogens is 248 g/mol. The van der Waals surface area contributed by atoms with Gasteiger partial charge < -0.3 is 15.0 Å². The third kappa shape index (κ3) is 3.62. The van der Waals surface area contributed by atoms with Gasteiger partial charge in [-0.25, -0.2) is 0 Å².